The molecular formula is C14H23NO4S. The summed E-state index contributed by atoms with van der Waals surface area (Å²) in [5, 5.41) is 5.27. The van der Waals surface area contributed by atoms with Gasteiger partial charge in [0, 0.05) is 6.61 Å². The van der Waals surface area contributed by atoms with Crippen LogP contribution in [0.25, 0.3) is 0 Å². The molecule has 0 unspecified atom stereocenters. The summed E-state index contributed by atoms with van der Waals surface area (Å²) >= 11 is 0. The standard InChI is InChI=1S/C14H23NO4S/c1-5-18-6-7-19-13-9-12(10(2)3)14(8-11(13)4)20(15,16)17/h8-10H,5-7H2,1-4H3,(H2,15,16,17). The van der Waals surface area contributed by atoms with Crippen LogP contribution < -0.4 is 9.88 Å². The fourth-order valence-corrected chi connectivity index (χ4v) is 2.85. The van der Waals surface area contributed by atoms with Crippen molar-refractivity contribution >= 4 is 10.0 Å². The topological polar surface area (TPSA) is 78.6 Å². The van der Waals surface area contributed by atoms with Crippen LogP contribution in [0.3, 0.4) is 0 Å². The first-order valence-electron chi connectivity index (χ1n) is 6.65. The van der Waals surface area contributed by atoms with Gasteiger partial charge < -0.3 is 9.47 Å². The Bertz CT molecular complexity index is 553. The number of benzene rings is 1. The lowest BCUT2D eigenvalue weighted by atomic mass is 10.0. The summed E-state index contributed by atoms with van der Waals surface area (Å²) in [6, 6.07) is 3.33. The molecule has 1 aromatic rings. The minimum atomic E-state index is -3.73. The molecule has 6 heteroatoms. The van der Waals surface area contributed by atoms with E-state index >= 15 is 0 Å². The molecule has 0 saturated carbocycles. The summed E-state index contributed by atoms with van der Waals surface area (Å²) < 4.78 is 34.1. The van der Waals surface area contributed by atoms with Crippen LogP contribution in [-0.4, -0.2) is 28.2 Å². The molecule has 5 nitrogen and oxygen atoms in total. The molecule has 0 amide bonds. The van der Waals surface area contributed by atoms with Crippen molar-refractivity contribution in [2.24, 2.45) is 5.14 Å². The number of nitrogens with two attached hydrogens (primary N) is 1. The van der Waals surface area contributed by atoms with Gasteiger partial charge in [0.15, 0.2) is 0 Å². The Morgan fingerprint density at radius 1 is 1.25 bits per heavy atom. The second-order valence-electron chi connectivity index (χ2n) is 4.90. The number of hydrogen-bond donors (Lipinski definition) is 1. The van der Waals surface area contributed by atoms with E-state index in [0.29, 0.717) is 31.1 Å². The first-order valence-corrected chi connectivity index (χ1v) is 8.19. The van der Waals surface area contributed by atoms with Crippen molar-refractivity contribution in [2.75, 3.05) is 19.8 Å². The van der Waals surface area contributed by atoms with Gasteiger partial charge in [-0.25, -0.2) is 13.6 Å². The molecule has 1 aromatic carbocycles. The molecule has 0 radical (unpaired) electrons. The lowest BCUT2D eigenvalue weighted by Gasteiger charge is -2.16. The number of aryl methyl sites for hydroxylation is 1. The summed E-state index contributed by atoms with van der Waals surface area (Å²) in [4.78, 5) is 0.169. The van der Waals surface area contributed by atoms with Gasteiger partial charge in [0.1, 0.15) is 12.4 Å². The van der Waals surface area contributed by atoms with Crippen LogP contribution in [0.1, 0.15) is 37.8 Å². The third-order valence-corrected chi connectivity index (χ3v) is 3.89. The maximum absolute atomic E-state index is 11.6. The van der Waals surface area contributed by atoms with Crippen LogP contribution in [0.15, 0.2) is 17.0 Å². The number of sulfonamides is 1. The lowest BCUT2D eigenvalue weighted by molar-refractivity contribution is 0.110. The van der Waals surface area contributed by atoms with Crippen LogP contribution in [0.2, 0.25) is 0 Å². The fourth-order valence-electron chi connectivity index (χ4n) is 1.89. The third-order valence-electron chi connectivity index (χ3n) is 2.93. The Kier molecular flexibility index (Phi) is 5.98. The van der Waals surface area contributed by atoms with Crippen molar-refractivity contribution < 1.29 is 17.9 Å². The highest BCUT2D eigenvalue weighted by molar-refractivity contribution is 7.89. The largest absolute Gasteiger partial charge is 0.491 e. The number of hydrogen-bond acceptors (Lipinski definition) is 4. The normalized spacial score (nSPS) is 11.9. The minimum absolute atomic E-state index is 0.0400. The quantitative estimate of drug-likeness (QED) is 0.783. The van der Waals surface area contributed by atoms with Gasteiger partial charge in [-0.3, -0.25) is 0 Å². The van der Waals surface area contributed by atoms with Crippen molar-refractivity contribution in [3.8, 4) is 5.75 Å². The summed E-state index contributed by atoms with van der Waals surface area (Å²) in [6.07, 6.45) is 0. The SMILES string of the molecule is CCOCCOc1cc(C(C)C)c(S(N)(=O)=O)cc1C. The van der Waals surface area contributed by atoms with E-state index in [-0.39, 0.29) is 10.8 Å². The van der Waals surface area contributed by atoms with Gasteiger partial charge in [-0.15, -0.1) is 0 Å². The number of primary sulfonamides is 1. The van der Waals surface area contributed by atoms with Crippen LogP contribution in [0.5, 0.6) is 5.75 Å². The van der Waals surface area contributed by atoms with Gasteiger partial charge in [-0.05, 0) is 43.0 Å². The van der Waals surface area contributed by atoms with Gasteiger partial charge >= 0.3 is 0 Å². The van der Waals surface area contributed by atoms with Gasteiger partial charge in [-0.2, -0.15) is 0 Å². The van der Waals surface area contributed by atoms with E-state index < -0.39 is 10.0 Å². The van der Waals surface area contributed by atoms with Crippen LogP contribution in [0.4, 0.5) is 0 Å². The first kappa shape index (κ1) is 16.9. The van der Waals surface area contributed by atoms with Crippen molar-refractivity contribution in [3.05, 3.63) is 23.3 Å². The van der Waals surface area contributed by atoms with Crippen LogP contribution in [0, 0.1) is 6.92 Å². The van der Waals surface area contributed by atoms with E-state index in [4.69, 9.17) is 14.6 Å². The molecule has 1 rings (SSSR count). The molecule has 2 N–H and O–H groups in total. The van der Waals surface area contributed by atoms with E-state index in [0.717, 1.165) is 5.56 Å². The Balaban J connectivity index is 3.08. The number of rotatable bonds is 7. The zero-order valence-electron chi connectivity index (χ0n) is 12.5. The van der Waals surface area contributed by atoms with Crippen molar-refractivity contribution in [3.63, 3.8) is 0 Å². The van der Waals surface area contributed by atoms with Gasteiger partial charge in [0.2, 0.25) is 10.0 Å². The average molecular weight is 301 g/mol. The maximum atomic E-state index is 11.6. The molecule has 0 spiro atoms. The minimum Gasteiger partial charge on any atom is -0.491 e. The Morgan fingerprint density at radius 2 is 1.90 bits per heavy atom. The van der Waals surface area contributed by atoms with E-state index in [1.807, 2.05) is 20.8 Å². The third kappa shape index (κ3) is 4.47. The zero-order valence-corrected chi connectivity index (χ0v) is 13.3. The molecular weight excluding hydrogens is 278 g/mol. The second kappa shape index (κ2) is 7.06. The van der Waals surface area contributed by atoms with Gasteiger partial charge in [0.05, 0.1) is 11.5 Å². The predicted octanol–water partition coefficient (Wildman–Crippen LogP) is 2.18. The summed E-state index contributed by atoms with van der Waals surface area (Å²) in [5.41, 5.74) is 1.42. The molecule has 114 valence electrons. The van der Waals surface area contributed by atoms with Crippen molar-refractivity contribution in [1.29, 1.82) is 0 Å². The predicted molar refractivity (Wildman–Crippen MR) is 78.6 cm³/mol. The van der Waals surface area contributed by atoms with E-state index in [2.05, 4.69) is 0 Å². The van der Waals surface area contributed by atoms with E-state index in [1.54, 1.807) is 19.1 Å². The summed E-state index contributed by atoms with van der Waals surface area (Å²) in [7, 11) is -3.73. The fraction of sp³-hybridized carbons (Fsp3) is 0.571. The number of ether oxygens (including phenoxy) is 2. The molecule has 0 aliphatic heterocycles. The van der Waals surface area contributed by atoms with E-state index in [9.17, 15) is 8.42 Å². The molecule has 0 aliphatic carbocycles. The van der Waals surface area contributed by atoms with Crippen molar-refractivity contribution in [1.82, 2.24) is 0 Å². The smallest absolute Gasteiger partial charge is 0.238 e. The molecule has 0 aromatic heterocycles. The molecule has 0 fully saturated rings. The van der Waals surface area contributed by atoms with Gasteiger partial charge in [0.25, 0.3) is 0 Å². The monoisotopic (exact) mass is 301 g/mol. The molecule has 0 bridgehead atoms. The maximum Gasteiger partial charge on any atom is 0.238 e. The highest BCUT2D eigenvalue weighted by Crippen LogP contribution is 2.30. The van der Waals surface area contributed by atoms with Crippen molar-refractivity contribution in [2.45, 2.75) is 38.5 Å². The molecule has 0 heterocycles. The highest BCUT2D eigenvalue weighted by atomic mass is 32.2. The molecule has 0 saturated heterocycles. The summed E-state index contributed by atoms with van der Waals surface area (Å²) in [5.74, 6) is 0.707. The Morgan fingerprint density at radius 3 is 2.40 bits per heavy atom. The Hall–Kier alpha value is -1.11. The highest BCUT2D eigenvalue weighted by Gasteiger charge is 2.19. The second-order valence-corrected chi connectivity index (χ2v) is 6.43. The summed E-state index contributed by atoms with van der Waals surface area (Å²) in [6.45, 7) is 9.14. The lowest BCUT2D eigenvalue weighted by Crippen LogP contribution is -2.16. The van der Waals surface area contributed by atoms with E-state index in [1.165, 1.54) is 0 Å². The molecule has 0 aliphatic rings. The average Bonchev–Trinajstić information content (AvgIpc) is 2.34. The molecule has 20 heavy (non-hydrogen) atoms. The molecule has 0 atom stereocenters. The van der Waals surface area contributed by atoms with Crippen LogP contribution >= 0.6 is 0 Å². The Labute approximate surface area is 121 Å². The first-order chi connectivity index (χ1) is 9.27. The van der Waals surface area contributed by atoms with Crippen LogP contribution in [-0.2, 0) is 14.8 Å². The van der Waals surface area contributed by atoms with Gasteiger partial charge in [-0.1, -0.05) is 13.8 Å². The zero-order chi connectivity index (χ0) is 15.3.